The van der Waals surface area contributed by atoms with E-state index < -0.39 is 0 Å². The number of hydrogen-bond acceptors (Lipinski definition) is 4. The molecule has 0 heterocycles. The molecule has 0 amide bonds. The van der Waals surface area contributed by atoms with Crippen LogP contribution in [0.2, 0.25) is 0 Å². The Bertz CT molecular complexity index is 607. The highest BCUT2D eigenvalue weighted by molar-refractivity contribution is 5.81. The van der Waals surface area contributed by atoms with Gasteiger partial charge in [-0.15, -0.1) is 0 Å². The molecule has 0 saturated heterocycles. The van der Waals surface area contributed by atoms with E-state index in [1.807, 2.05) is 31.2 Å². The van der Waals surface area contributed by atoms with E-state index in [2.05, 4.69) is 0 Å². The van der Waals surface area contributed by atoms with E-state index in [-0.39, 0.29) is 0 Å². The smallest absolute Gasteiger partial charge is 0.171 e. The van der Waals surface area contributed by atoms with Gasteiger partial charge in [0.15, 0.2) is 17.8 Å². The number of carbonyl (C=O) groups is 1. The number of benzene rings is 2. The third-order valence-corrected chi connectivity index (χ3v) is 3.04. The molecule has 21 heavy (non-hydrogen) atoms. The molecular weight excluding hydrogens is 268 g/mol. The first-order valence-corrected chi connectivity index (χ1v) is 6.69. The first-order chi connectivity index (χ1) is 10.3. The first kappa shape index (κ1) is 14.9. The van der Waals surface area contributed by atoms with Gasteiger partial charge in [0, 0.05) is 0 Å². The minimum Gasteiger partial charge on any atom is -0.493 e. The quantitative estimate of drug-likeness (QED) is 0.579. The third kappa shape index (κ3) is 3.75. The lowest BCUT2D eigenvalue weighted by atomic mass is 10.2. The van der Waals surface area contributed by atoms with E-state index in [9.17, 15) is 4.79 Å². The van der Waals surface area contributed by atoms with E-state index >= 15 is 0 Å². The van der Waals surface area contributed by atoms with Crippen LogP contribution in [0.5, 0.6) is 17.2 Å². The molecule has 0 N–H and O–H groups in total. The number of para-hydroxylation sites is 2. The van der Waals surface area contributed by atoms with Crippen molar-refractivity contribution in [3.8, 4) is 17.2 Å². The summed E-state index contributed by atoms with van der Waals surface area (Å²) in [5, 5.41) is 0. The Morgan fingerprint density at radius 1 is 0.952 bits per heavy atom. The highest BCUT2D eigenvalue weighted by Gasteiger charge is 2.09. The van der Waals surface area contributed by atoms with Gasteiger partial charge in [-0.2, -0.15) is 0 Å². The average Bonchev–Trinajstić information content (AvgIpc) is 2.52. The molecule has 0 atom stereocenters. The molecule has 2 aromatic carbocycles. The van der Waals surface area contributed by atoms with Crippen molar-refractivity contribution < 1.29 is 19.0 Å². The van der Waals surface area contributed by atoms with Crippen LogP contribution >= 0.6 is 0 Å². The third-order valence-electron chi connectivity index (χ3n) is 3.04. The Kier molecular flexibility index (Phi) is 5.21. The van der Waals surface area contributed by atoms with Crippen molar-refractivity contribution in [2.45, 2.75) is 6.92 Å². The van der Waals surface area contributed by atoms with Crippen LogP contribution in [0.25, 0.3) is 0 Å². The summed E-state index contributed by atoms with van der Waals surface area (Å²) in [6, 6.07) is 13.0. The zero-order chi connectivity index (χ0) is 15.1. The molecule has 0 aliphatic carbocycles. The Labute approximate surface area is 124 Å². The van der Waals surface area contributed by atoms with Crippen molar-refractivity contribution >= 4 is 6.29 Å². The van der Waals surface area contributed by atoms with E-state index in [1.54, 1.807) is 25.3 Å². The van der Waals surface area contributed by atoms with Crippen molar-refractivity contribution in [2.75, 3.05) is 20.3 Å². The summed E-state index contributed by atoms with van der Waals surface area (Å²) in [6.45, 7) is 2.71. The molecule has 110 valence electrons. The van der Waals surface area contributed by atoms with Crippen molar-refractivity contribution in [2.24, 2.45) is 0 Å². The monoisotopic (exact) mass is 286 g/mol. The fourth-order valence-corrected chi connectivity index (χ4v) is 1.95. The largest absolute Gasteiger partial charge is 0.493 e. The number of ether oxygens (including phenoxy) is 3. The summed E-state index contributed by atoms with van der Waals surface area (Å²) in [5.41, 5.74) is 1.54. The molecule has 0 radical (unpaired) electrons. The second-order valence-electron chi connectivity index (χ2n) is 4.46. The maximum atomic E-state index is 11.0. The molecule has 0 fully saturated rings. The van der Waals surface area contributed by atoms with Crippen LogP contribution in [0.1, 0.15) is 15.9 Å². The number of hydrogen-bond donors (Lipinski definition) is 0. The number of carbonyl (C=O) groups excluding carboxylic acids is 1. The summed E-state index contributed by atoms with van der Waals surface area (Å²) in [5.74, 6) is 1.82. The molecule has 4 nitrogen and oxygen atoms in total. The molecule has 0 saturated carbocycles. The highest BCUT2D eigenvalue weighted by Crippen LogP contribution is 2.29. The Hall–Kier alpha value is -2.49. The van der Waals surface area contributed by atoms with Crippen molar-refractivity contribution in [3.05, 3.63) is 53.6 Å². The summed E-state index contributed by atoms with van der Waals surface area (Å²) < 4.78 is 16.5. The lowest BCUT2D eigenvalue weighted by Crippen LogP contribution is -2.11. The molecule has 4 heteroatoms. The van der Waals surface area contributed by atoms with Crippen LogP contribution in [-0.4, -0.2) is 26.6 Å². The van der Waals surface area contributed by atoms with Gasteiger partial charge in [-0.05, 0) is 30.7 Å². The van der Waals surface area contributed by atoms with E-state index in [4.69, 9.17) is 14.2 Å². The van der Waals surface area contributed by atoms with Gasteiger partial charge in [0.1, 0.15) is 19.0 Å². The van der Waals surface area contributed by atoms with Gasteiger partial charge in [0.05, 0.1) is 12.7 Å². The predicted octanol–water partition coefficient (Wildman–Crippen LogP) is 3.27. The normalized spacial score (nSPS) is 10.0. The average molecular weight is 286 g/mol. The molecular formula is C17H18O4. The second-order valence-corrected chi connectivity index (χ2v) is 4.46. The minimum atomic E-state index is 0.329. The Balaban J connectivity index is 1.95. The van der Waals surface area contributed by atoms with Crippen molar-refractivity contribution in [3.63, 3.8) is 0 Å². The standard InChI is InChI=1S/C17H18O4/c1-13-6-3-4-8-15(13)20-10-11-21-17-14(12-18)7-5-9-16(17)19-2/h3-9,12H,10-11H2,1-2H3. The number of rotatable bonds is 7. The lowest BCUT2D eigenvalue weighted by Gasteiger charge is -2.13. The van der Waals surface area contributed by atoms with Gasteiger partial charge in [-0.3, -0.25) is 4.79 Å². The zero-order valence-corrected chi connectivity index (χ0v) is 12.2. The maximum absolute atomic E-state index is 11.0. The number of methoxy groups -OCH3 is 1. The molecule has 2 aromatic rings. The lowest BCUT2D eigenvalue weighted by molar-refractivity contribution is 0.111. The SMILES string of the molecule is COc1cccc(C=O)c1OCCOc1ccccc1C. The summed E-state index contributed by atoms with van der Waals surface area (Å²) in [6.07, 6.45) is 0.750. The Morgan fingerprint density at radius 3 is 2.38 bits per heavy atom. The topological polar surface area (TPSA) is 44.8 Å². The van der Waals surface area contributed by atoms with Crippen LogP contribution in [0.15, 0.2) is 42.5 Å². The van der Waals surface area contributed by atoms with Gasteiger partial charge in [-0.1, -0.05) is 24.3 Å². The molecule has 0 aliphatic rings. The Morgan fingerprint density at radius 2 is 1.67 bits per heavy atom. The maximum Gasteiger partial charge on any atom is 0.171 e. The van der Waals surface area contributed by atoms with Crippen LogP contribution in [0, 0.1) is 6.92 Å². The van der Waals surface area contributed by atoms with Crippen LogP contribution in [-0.2, 0) is 0 Å². The van der Waals surface area contributed by atoms with Gasteiger partial charge in [0.25, 0.3) is 0 Å². The van der Waals surface area contributed by atoms with E-state index in [0.717, 1.165) is 17.6 Å². The molecule has 0 bridgehead atoms. The summed E-state index contributed by atoms with van der Waals surface area (Å²) >= 11 is 0. The van der Waals surface area contributed by atoms with E-state index in [0.29, 0.717) is 30.3 Å². The minimum absolute atomic E-state index is 0.329. The van der Waals surface area contributed by atoms with Crippen molar-refractivity contribution in [1.82, 2.24) is 0 Å². The zero-order valence-electron chi connectivity index (χ0n) is 12.2. The molecule has 0 aromatic heterocycles. The van der Waals surface area contributed by atoms with Gasteiger partial charge in [0.2, 0.25) is 0 Å². The molecule has 0 aliphatic heterocycles. The van der Waals surface area contributed by atoms with Gasteiger partial charge in [-0.25, -0.2) is 0 Å². The van der Waals surface area contributed by atoms with Crippen LogP contribution in [0.4, 0.5) is 0 Å². The van der Waals surface area contributed by atoms with Crippen molar-refractivity contribution in [1.29, 1.82) is 0 Å². The first-order valence-electron chi connectivity index (χ1n) is 6.69. The molecule has 2 rings (SSSR count). The van der Waals surface area contributed by atoms with Crippen LogP contribution in [0.3, 0.4) is 0 Å². The van der Waals surface area contributed by atoms with Gasteiger partial charge < -0.3 is 14.2 Å². The van der Waals surface area contributed by atoms with E-state index in [1.165, 1.54) is 0 Å². The predicted molar refractivity (Wildman–Crippen MR) is 80.6 cm³/mol. The fraction of sp³-hybridized carbons (Fsp3) is 0.235. The number of aryl methyl sites for hydroxylation is 1. The number of aldehydes is 1. The van der Waals surface area contributed by atoms with Gasteiger partial charge >= 0.3 is 0 Å². The molecule has 0 spiro atoms. The fourth-order valence-electron chi connectivity index (χ4n) is 1.95. The second kappa shape index (κ2) is 7.33. The van der Waals surface area contributed by atoms with Crippen LogP contribution < -0.4 is 14.2 Å². The summed E-state index contributed by atoms with van der Waals surface area (Å²) in [7, 11) is 1.54. The molecule has 0 unspecified atom stereocenters. The highest BCUT2D eigenvalue weighted by atomic mass is 16.5. The summed E-state index contributed by atoms with van der Waals surface area (Å²) in [4.78, 5) is 11.0.